The Kier molecular flexibility index (Phi) is 3.80. The highest BCUT2D eigenvalue weighted by Gasteiger charge is 2.43. The molecule has 3 rings (SSSR count). The van der Waals surface area contributed by atoms with Crippen molar-refractivity contribution in [1.29, 1.82) is 0 Å². The van der Waals surface area contributed by atoms with Crippen LogP contribution in [0.15, 0.2) is 30.3 Å². The van der Waals surface area contributed by atoms with Gasteiger partial charge in [-0.1, -0.05) is 18.2 Å². The number of benzene rings is 1. The number of nitrogens with zero attached hydrogens (tertiary/aromatic N) is 1. The lowest BCUT2D eigenvalue weighted by Gasteiger charge is -2.20. The normalized spacial score (nSPS) is 27.8. The maximum atomic E-state index is 13.2. The zero-order chi connectivity index (χ0) is 14.9. The number of likely N-dealkylation sites (tertiary alicyclic amines) is 1. The number of halogens is 2. The van der Waals surface area contributed by atoms with Gasteiger partial charge in [-0.3, -0.25) is 4.79 Å². The Morgan fingerprint density at radius 1 is 1.33 bits per heavy atom. The lowest BCUT2D eigenvalue weighted by atomic mass is 10.1. The molecule has 2 saturated heterocycles. The van der Waals surface area contributed by atoms with Crippen LogP contribution in [0, 0.1) is 0 Å². The molecule has 1 amide bonds. The predicted molar refractivity (Wildman–Crippen MR) is 76.4 cm³/mol. The lowest BCUT2D eigenvalue weighted by Crippen LogP contribution is -2.43. The van der Waals surface area contributed by atoms with Crippen LogP contribution in [0.5, 0.6) is 0 Å². The third-order valence-corrected chi connectivity index (χ3v) is 4.05. The van der Waals surface area contributed by atoms with Crippen molar-refractivity contribution in [1.82, 2.24) is 10.2 Å². The van der Waals surface area contributed by atoms with Gasteiger partial charge in [-0.25, -0.2) is 8.78 Å². The molecule has 0 bridgehead atoms. The van der Waals surface area contributed by atoms with E-state index in [0.29, 0.717) is 13.0 Å². The summed E-state index contributed by atoms with van der Waals surface area (Å²) in [6.07, 6.45) is 0.396. The Hall–Kier alpha value is -1.69. The highest BCUT2D eigenvalue weighted by atomic mass is 19.3. The Labute approximate surface area is 122 Å². The third kappa shape index (κ3) is 3.32. The molecule has 2 heterocycles. The van der Waals surface area contributed by atoms with E-state index in [1.165, 1.54) is 4.90 Å². The number of hydrogen-bond donors (Lipinski definition) is 2. The molecule has 0 aromatic heterocycles. The van der Waals surface area contributed by atoms with Crippen LogP contribution in [0.2, 0.25) is 0 Å². The molecule has 1 aromatic rings. The van der Waals surface area contributed by atoms with E-state index in [-0.39, 0.29) is 31.0 Å². The third-order valence-electron chi connectivity index (χ3n) is 4.05. The zero-order valence-corrected chi connectivity index (χ0v) is 11.7. The summed E-state index contributed by atoms with van der Waals surface area (Å²) in [4.78, 5) is 13.5. The molecule has 21 heavy (non-hydrogen) atoms. The first-order valence-electron chi connectivity index (χ1n) is 7.25. The van der Waals surface area contributed by atoms with Gasteiger partial charge in [0, 0.05) is 31.2 Å². The van der Waals surface area contributed by atoms with E-state index in [2.05, 4.69) is 10.6 Å². The molecule has 4 nitrogen and oxygen atoms in total. The van der Waals surface area contributed by atoms with Crippen LogP contribution in [0.3, 0.4) is 0 Å². The standard InChI is InChI=1S/C15H19F2N3O/c16-15(17)6-7-20(10-15)14(21)13-8-12(9-18-13)19-11-4-2-1-3-5-11/h1-5,12-13,18-19H,6-10H2/t12-,13-/m0/s1. The van der Waals surface area contributed by atoms with Crippen LogP contribution in [0.4, 0.5) is 14.5 Å². The number of carbonyl (C=O) groups excluding carboxylic acids is 1. The van der Waals surface area contributed by atoms with Crippen LogP contribution in [-0.4, -0.2) is 48.4 Å². The van der Waals surface area contributed by atoms with Crippen molar-refractivity contribution in [3.8, 4) is 0 Å². The van der Waals surface area contributed by atoms with Gasteiger partial charge >= 0.3 is 0 Å². The average Bonchev–Trinajstić information content (AvgIpc) is 3.06. The molecule has 2 aliphatic rings. The molecule has 0 spiro atoms. The molecule has 2 fully saturated rings. The quantitative estimate of drug-likeness (QED) is 0.892. The summed E-state index contributed by atoms with van der Waals surface area (Å²) in [5, 5.41) is 6.48. The molecule has 2 atom stereocenters. The van der Waals surface area contributed by atoms with E-state index in [9.17, 15) is 13.6 Å². The van der Waals surface area contributed by atoms with Gasteiger partial charge in [0.1, 0.15) is 0 Å². The minimum absolute atomic E-state index is 0.143. The fraction of sp³-hybridized carbons (Fsp3) is 0.533. The van der Waals surface area contributed by atoms with Crippen LogP contribution in [0.25, 0.3) is 0 Å². The van der Waals surface area contributed by atoms with E-state index in [1.807, 2.05) is 30.3 Å². The molecule has 0 saturated carbocycles. The predicted octanol–water partition coefficient (Wildman–Crippen LogP) is 1.70. The maximum absolute atomic E-state index is 13.2. The van der Waals surface area contributed by atoms with Gasteiger partial charge in [0.15, 0.2) is 0 Å². The van der Waals surface area contributed by atoms with Crippen molar-refractivity contribution in [3.63, 3.8) is 0 Å². The van der Waals surface area contributed by atoms with E-state index in [0.717, 1.165) is 5.69 Å². The number of carbonyl (C=O) groups is 1. The fourth-order valence-electron chi connectivity index (χ4n) is 2.95. The summed E-state index contributed by atoms with van der Waals surface area (Å²) in [7, 11) is 0. The first-order chi connectivity index (χ1) is 10.0. The SMILES string of the molecule is O=C([C@@H]1C[C@H](Nc2ccccc2)CN1)N1CCC(F)(F)C1. The second-order valence-corrected chi connectivity index (χ2v) is 5.77. The highest BCUT2D eigenvalue weighted by molar-refractivity contribution is 5.82. The summed E-state index contributed by atoms with van der Waals surface area (Å²) < 4.78 is 26.4. The maximum Gasteiger partial charge on any atom is 0.267 e. The number of alkyl halides is 2. The van der Waals surface area contributed by atoms with Gasteiger partial charge < -0.3 is 15.5 Å². The van der Waals surface area contributed by atoms with Gasteiger partial charge in [0.25, 0.3) is 5.92 Å². The molecular weight excluding hydrogens is 276 g/mol. The van der Waals surface area contributed by atoms with Crippen molar-refractivity contribution in [3.05, 3.63) is 30.3 Å². The van der Waals surface area contributed by atoms with E-state index < -0.39 is 12.5 Å². The number of hydrogen-bond acceptors (Lipinski definition) is 3. The van der Waals surface area contributed by atoms with E-state index in [1.54, 1.807) is 0 Å². The molecule has 0 radical (unpaired) electrons. The number of rotatable bonds is 3. The summed E-state index contributed by atoms with van der Waals surface area (Å²) >= 11 is 0. The Bertz CT molecular complexity index is 509. The molecule has 2 N–H and O–H groups in total. The smallest absolute Gasteiger partial charge is 0.267 e. The van der Waals surface area contributed by atoms with Crippen molar-refractivity contribution in [2.45, 2.75) is 30.8 Å². The van der Waals surface area contributed by atoms with Gasteiger partial charge in [0.2, 0.25) is 5.91 Å². The lowest BCUT2D eigenvalue weighted by molar-refractivity contribution is -0.133. The summed E-state index contributed by atoms with van der Waals surface area (Å²) in [5.74, 6) is -2.93. The van der Waals surface area contributed by atoms with Crippen LogP contribution < -0.4 is 10.6 Å². The van der Waals surface area contributed by atoms with Gasteiger partial charge in [-0.15, -0.1) is 0 Å². The second kappa shape index (κ2) is 5.60. The molecule has 114 valence electrons. The first-order valence-corrected chi connectivity index (χ1v) is 7.25. The van der Waals surface area contributed by atoms with Gasteiger partial charge in [-0.05, 0) is 18.6 Å². The molecule has 0 aliphatic carbocycles. The topological polar surface area (TPSA) is 44.4 Å². The number of anilines is 1. The van der Waals surface area contributed by atoms with E-state index >= 15 is 0 Å². The minimum atomic E-state index is -2.73. The molecule has 1 aromatic carbocycles. The van der Waals surface area contributed by atoms with Crippen LogP contribution in [0.1, 0.15) is 12.8 Å². The Morgan fingerprint density at radius 3 is 2.76 bits per heavy atom. The average molecular weight is 295 g/mol. The molecule has 6 heteroatoms. The van der Waals surface area contributed by atoms with Gasteiger partial charge in [0.05, 0.1) is 12.6 Å². The zero-order valence-electron chi connectivity index (χ0n) is 11.7. The fourth-order valence-corrected chi connectivity index (χ4v) is 2.95. The Balaban J connectivity index is 1.54. The largest absolute Gasteiger partial charge is 0.381 e. The summed E-state index contributed by atoms with van der Waals surface area (Å²) in [6, 6.07) is 9.55. The molecule has 2 aliphatic heterocycles. The summed E-state index contributed by atoms with van der Waals surface area (Å²) in [5.41, 5.74) is 1.00. The monoisotopic (exact) mass is 295 g/mol. The molecule has 0 unspecified atom stereocenters. The number of amides is 1. The number of nitrogens with one attached hydrogen (secondary N) is 2. The van der Waals surface area contributed by atoms with Crippen molar-refractivity contribution in [2.24, 2.45) is 0 Å². The molecular formula is C15H19F2N3O. The summed E-state index contributed by atoms with van der Waals surface area (Å²) in [6.45, 7) is 0.372. The highest BCUT2D eigenvalue weighted by Crippen LogP contribution is 2.28. The van der Waals surface area contributed by atoms with Crippen LogP contribution in [-0.2, 0) is 4.79 Å². The van der Waals surface area contributed by atoms with Crippen molar-refractivity contribution < 1.29 is 13.6 Å². The first kappa shape index (κ1) is 14.3. The Morgan fingerprint density at radius 2 is 2.10 bits per heavy atom. The van der Waals surface area contributed by atoms with E-state index in [4.69, 9.17) is 0 Å². The second-order valence-electron chi connectivity index (χ2n) is 5.77. The van der Waals surface area contributed by atoms with Crippen molar-refractivity contribution >= 4 is 11.6 Å². The van der Waals surface area contributed by atoms with Gasteiger partial charge in [-0.2, -0.15) is 0 Å². The number of para-hydroxylation sites is 1. The van der Waals surface area contributed by atoms with Crippen molar-refractivity contribution in [2.75, 3.05) is 25.0 Å². The van der Waals surface area contributed by atoms with Crippen LogP contribution >= 0.6 is 0 Å². The minimum Gasteiger partial charge on any atom is -0.381 e.